The Morgan fingerprint density at radius 2 is 2.05 bits per heavy atom. The van der Waals surface area contributed by atoms with Crippen molar-refractivity contribution >= 4 is 12.2 Å². The molecule has 0 unspecified atom stereocenters. The van der Waals surface area contributed by atoms with E-state index in [0.29, 0.717) is 18.1 Å². The van der Waals surface area contributed by atoms with E-state index in [1.54, 1.807) is 6.21 Å². The number of ether oxygens (including phenoxy) is 2. The maximum absolute atomic E-state index is 5.66. The van der Waals surface area contributed by atoms with Crippen LogP contribution in [0, 0.1) is 0 Å². The average Bonchev–Trinajstić information content (AvgIpc) is 2.31. The molecule has 0 atom stereocenters. The molecular weight excluding hydrogens is 244 g/mol. The zero-order valence-corrected chi connectivity index (χ0v) is 11.5. The molecular formula is C13H20N4O2. The van der Waals surface area contributed by atoms with Crippen LogP contribution in [0.15, 0.2) is 28.4 Å². The molecule has 0 bridgehead atoms. The van der Waals surface area contributed by atoms with Crippen LogP contribution in [0.2, 0.25) is 0 Å². The van der Waals surface area contributed by atoms with Crippen molar-refractivity contribution in [3.05, 3.63) is 23.8 Å². The summed E-state index contributed by atoms with van der Waals surface area (Å²) in [5, 5.41) is 7.29. The predicted octanol–water partition coefficient (Wildman–Crippen LogP) is 1.48. The van der Waals surface area contributed by atoms with E-state index in [1.807, 2.05) is 39.0 Å². The summed E-state index contributed by atoms with van der Waals surface area (Å²) in [5.41, 5.74) is 11.2. The largest absolute Gasteiger partial charge is 0.490 e. The molecule has 0 amide bonds. The summed E-state index contributed by atoms with van der Waals surface area (Å²) < 4.78 is 11.2. The van der Waals surface area contributed by atoms with Crippen LogP contribution in [-0.2, 0) is 0 Å². The summed E-state index contributed by atoms with van der Waals surface area (Å²) in [6.45, 7) is 6.40. The Kier molecular flexibility index (Phi) is 5.66. The van der Waals surface area contributed by atoms with Crippen molar-refractivity contribution in [2.45, 2.75) is 26.9 Å². The summed E-state index contributed by atoms with van der Waals surface area (Å²) in [4.78, 5) is 0. The van der Waals surface area contributed by atoms with E-state index in [4.69, 9.17) is 20.9 Å². The standard InChI is InChI=1S/C13H20N4O2/c1-4-18-12-7-10(8-16-17-13(14)15)5-6-11(12)19-9(2)3/h5-9H,4H2,1-3H3,(H4,14,15,17). The fourth-order valence-electron chi connectivity index (χ4n) is 1.39. The highest BCUT2D eigenvalue weighted by molar-refractivity contribution is 5.82. The summed E-state index contributed by atoms with van der Waals surface area (Å²) in [7, 11) is 0. The highest BCUT2D eigenvalue weighted by Gasteiger charge is 2.07. The number of nitrogens with zero attached hydrogens (tertiary/aromatic N) is 2. The van der Waals surface area contributed by atoms with Gasteiger partial charge in [-0.1, -0.05) is 0 Å². The predicted molar refractivity (Wildman–Crippen MR) is 76.8 cm³/mol. The molecule has 104 valence electrons. The van der Waals surface area contributed by atoms with Gasteiger partial charge in [-0.3, -0.25) is 0 Å². The molecule has 0 aliphatic heterocycles. The van der Waals surface area contributed by atoms with Gasteiger partial charge in [0, 0.05) is 0 Å². The monoisotopic (exact) mass is 264 g/mol. The fraction of sp³-hybridized carbons (Fsp3) is 0.385. The van der Waals surface area contributed by atoms with Crippen LogP contribution in [0.4, 0.5) is 0 Å². The van der Waals surface area contributed by atoms with Crippen LogP contribution < -0.4 is 20.9 Å². The van der Waals surface area contributed by atoms with Crippen LogP contribution in [0.3, 0.4) is 0 Å². The van der Waals surface area contributed by atoms with Gasteiger partial charge >= 0.3 is 0 Å². The van der Waals surface area contributed by atoms with E-state index in [9.17, 15) is 0 Å². The van der Waals surface area contributed by atoms with Gasteiger partial charge in [0.2, 0.25) is 5.96 Å². The Labute approximate surface area is 113 Å². The molecule has 4 N–H and O–H groups in total. The number of hydrogen-bond acceptors (Lipinski definition) is 4. The third-order valence-electron chi connectivity index (χ3n) is 2.01. The maximum atomic E-state index is 5.66. The van der Waals surface area contributed by atoms with Gasteiger partial charge in [0.1, 0.15) is 0 Å². The maximum Gasteiger partial charge on any atom is 0.211 e. The van der Waals surface area contributed by atoms with Gasteiger partial charge < -0.3 is 20.9 Å². The average molecular weight is 264 g/mol. The zero-order valence-electron chi connectivity index (χ0n) is 11.5. The third-order valence-corrected chi connectivity index (χ3v) is 2.01. The van der Waals surface area contributed by atoms with Crippen LogP contribution in [0.1, 0.15) is 26.3 Å². The fourth-order valence-corrected chi connectivity index (χ4v) is 1.39. The van der Waals surface area contributed by atoms with Gasteiger partial charge in [0.05, 0.1) is 18.9 Å². The molecule has 0 saturated carbocycles. The number of guanidine groups is 1. The molecule has 1 rings (SSSR count). The van der Waals surface area contributed by atoms with Crippen molar-refractivity contribution in [3.63, 3.8) is 0 Å². The van der Waals surface area contributed by atoms with Crippen molar-refractivity contribution in [1.29, 1.82) is 0 Å². The smallest absolute Gasteiger partial charge is 0.211 e. The molecule has 0 aliphatic rings. The molecule has 6 heteroatoms. The molecule has 0 saturated heterocycles. The molecule has 0 aliphatic carbocycles. The molecule has 0 heterocycles. The number of rotatable bonds is 6. The van der Waals surface area contributed by atoms with E-state index in [1.165, 1.54) is 0 Å². The lowest BCUT2D eigenvalue weighted by molar-refractivity contribution is 0.224. The number of benzene rings is 1. The normalized spacial score (nSPS) is 10.7. The Morgan fingerprint density at radius 3 is 2.63 bits per heavy atom. The second kappa shape index (κ2) is 7.25. The Morgan fingerprint density at radius 1 is 1.32 bits per heavy atom. The molecule has 0 radical (unpaired) electrons. The van der Waals surface area contributed by atoms with Crippen molar-refractivity contribution in [3.8, 4) is 11.5 Å². The van der Waals surface area contributed by atoms with Gasteiger partial charge in [-0.05, 0) is 44.5 Å². The summed E-state index contributed by atoms with van der Waals surface area (Å²) in [6, 6.07) is 5.51. The molecule has 0 fully saturated rings. The van der Waals surface area contributed by atoms with Crippen LogP contribution in [0.25, 0.3) is 0 Å². The van der Waals surface area contributed by atoms with E-state index < -0.39 is 0 Å². The molecule has 1 aromatic rings. The first-order valence-corrected chi connectivity index (χ1v) is 6.08. The summed E-state index contributed by atoms with van der Waals surface area (Å²) in [5.74, 6) is 1.29. The number of nitrogens with two attached hydrogens (primary N) is 2. The highest BCUT2D eigenvalue weighted by Crippen LogP contribution is 2.28. The topological polar surface area (TPSA) is 95.2 Å². The third kappa shape index (κ3) is 5.29. The zero-order chi connectivity index (χ0) is 14.3. The molecule has 19 heavy (non-hydrogen) atoms. The Bertz CT molecular complexity index is 466. The first kappa shape index (κ1) is 14.8. The van der Waals surface area contributed by atoms with Crippen LogP contribution >= 0.6 is 0 Å². The SMILES string of the molecule is CCOc1cc(C=NN=C(N)N)ccc1OC(C)C. The molecule has 1 aromatic carbocycles. The first-order chi connectivity index (χ1) is 9.02. The quantitative estimate of drug-likeness (QED) is 0.462. The van der Waals surface area contributed by atoms with Crippen molar-refractivity contribution < 1.29 is 9.47 Å². The highest BCUT2D eigenvalue weighted by atomic mass is 16.5. The Hall–Kier alpha value is -2.24. The summed E-state index contributed by atoms with van der Waals surface area (Å²) in [6.07, 6.45) is 1.63. The minimum absolute atomic E-state index is 0.0824. The van der Waals surface area contributed by atoms with Crippen LogP contribution in [-0.4, -0.2) is 24.9 Å². The minimum Gasteiger partial charge on any atom is -0.490 e. The van der Waals surface area contributed by atoms with Gasteiger partial charge in [0.25, 0.3) is 0 Å². The van der Waals surface area contributed by atoms with Gasteiger partial charge in [-0.2, -0.15) is 5.10 Å². The second-order valence-electron chi connectivity index (χ2n) is 4.08. The lowest BCUT2D eigenvalue weighted by atomic mass is 10.2. The minimum atomic E-state index is -0.0824. The van der Waals surface area contributed by atoms with Crippen LogP contribution in [0.5, 0.6) is 11.5 Å². The van der Waals surface area contributed by atoms with Crippen molar-refractivity contribution in [2.75, 3.05) is 6.61 Å². The van der Waals surface area contributed by atoms with E-state index in [-0.39, 0.29) is 12.1 Å². The van der Waals surface area contributed by atoms with E-state index in [2.05, 4.69) is 10.2 Å². The van der Waals surface area contributed by atoms with Crippen molar-refractivity contribution in [2.24, 2.45) is 21.7 Å². The van der Waals surface area contributed by atoms with Gasteiger partial charge in [-0.25, -0.2) is 0 Å². The molecule has 0 spiro atoms. The van der Waals surface area contributed by atoms with E-state index in [0.717, 1.165) is 5.56 Å². The van der Waals surface area contributed by atoms with Gasteiger partial charge in [-0.15, -0.1) is 5.10 Å². The number of hydrogen-bond donors (Lipinski definition) is 2. The lowest BCUT2D eigenvalue weighted by Gasteiger charge is -2.14. The van der Waals surface area contributed by atoms with E-state index >= 15 is 0 Å². The molecule has 0 aromatic heterocycles. The molecule has 6 nitrogen and oxygen atoms in total. The van der Waals surface area contributed by atoms with Crippen molar-refractivity contribution in [1.82, 2.24) is 0 Å². The lowest BCUT2D eigenvalue weighted by Crippen LogP contribution is -2.21. The van der Waals surface area contributed by atoms with Gasteiger partial charge in [0.15, 0.2) is 11.5 Å². The Balaban J connectivity index is 2.95. The summed E-state index contributed by atoms with van der Waals surface area (Å²) >= 11 is 0. The second-order valence-corrected chi connectivity index (χ2v) is 4.08. The first-order valence-electron chi connectivity index (χ1n) is 6.08.